The van der Waals surface area contributed by atoms with Gasteiger partial charge in [-0.25, -0.2) is 0 Å². The van der Waals surface area contributed by atoms with Gasteiger partial charge < -0.3 is 14.9 Å². The second-order valence-electron chi connectivity index (χ2n) is 5.46. The predicted molar refractivity (Wildman–Crippen MR) is 62.5 cm³/mol. The summed E-state index contributed by atoms with van der Waals surface area (Å²) < 4.78 is 5.04. The molecule has 2 unspecified atom stereocenters. The van der Waals surface area contributed by atoms with Crippen LogP contribution in [0.5, 0.6) is 0 Å². The van der Waals surface area contributed by atoms with E-state index in [4.69, 9.17) is 14.3 Å². The maximum atomic E-state index is 10.1. The van der Waals surface area contributed by atoms with Crippen molar-refractivity contribution in [2.24, 2.45) is 5.41 Å². The lowest BCUT2D eigenvalue weighted by molar-refractivity contribution is -0.175. The second-order valence-corrected chi connectivity index (χ2v) is 6.17. The fourth-order valence-electron chi connectivity index (χ4n) is 2.09. The molecule has 1 rings (SSSR count). The van der Waals surface area contributed by atoms with Crippen molar-refractivity contribution in [2.75, 3.05) is 7.05 Å². The molecule has 0 amide bonds. The van der Waals surface area contributed by atoms with E-state index in [1.165, 1.54) is 0 Å². The lowest BCUT2D eigenvalue weighted by atomic mass is 9.66. The van der Waals surface area contributed by atoms with Gasteiger partial charge in [-0.1, -0.05) is 13.8 Å². The Labute approximate surface area is 98.0 Å². The number of likely N-dealkylation sites (tertiary alicyclic amines) is 1. The van der Waals surface area contributed by atoms with Crippen molar-refractivity contribution >= 4 is 8.60 Å². The van der Waals surface area contributed by atoms with Gasteiger partial charge in [0.2, 0.25) is 0 Å². The van der Waals surface area contributed by atoms with Crippen LogP contribution >= 0.6 is 8.60 Å². The summed E-state index contributed by atoms with van der Waals surface area (Å²) in [5.74, 6) is 0. The molecule has 6 heteroatoms. The molecule has 2 atom stereocenters. The van der Waals surface area contributed by atoms with Gasteiger partial charge in [-0.3, -0.25) is 9.42 Å². The zero-order valence-electron chi connectivity index (χ0n) is 10.5. The number of nitrogens with zero attached hydrogens (tertiary/aromatic N) is 1. The summed E-state index contributed by atoms with van der Waals surface area (Å²) in [6.45, 7) is 8.04. The average Bonchev–Trinajstić information content (AvgIpc) is 2.12. The van der Waals surface area contributed by atoms with Crippen molar-refractivity contribution in [1.82, 2.24) is 4.90 Å². The molecule has 1 fully saturated rings. The Hall–Kier alpha value is 0.230. The van der Waals surface area contributed by atoms with Gasteiger partial charge in [0.25, 0.3) is 0 Å². The molecule has 1 saturated heterocycles. The van der Waals surface area contributed by atoms with Gasteiger partial charge in [0.05, 0.1) is 6.10 Å². The summed E-state index contributed by atoms with van der Waals surface area (Å²) in [5.41, 5.74) is -0.573. The number of hydrogen-bond donors (Lipinski definition) is 3. The van der Waals surface area contributed by atoms with E-state index >= 15 is 0 Å². The van der Waals surface area contributed by atoms with E-state index in [2.05, 4.69) is 0 Å². The van der Waals surface area contributed by atoms with Crippen molar-refractivity contribution in [1.29, 1.82) is 0 Å². The van der Waals surface area contributed by atoms with Crippen molar-refractivity contribution in [3.05, 3.63) is 0 Å². The van der Waals surface area contributed by atoms with E-state index in [1.54, 1.807) is 0 Å². The lowest BCUT2D eigenvalue weighted by Gasteiger charge is -2.57. The van der Waals surface area contributed by atoms with Crippen LogP contribution in [0.4, 0.5) is 0 Å². The number of piperidine rings is 1. The molecular formula is C10H22NO4P. The smallest absolute Gasteiger partial charge is 0.328 e. The molecule has 1 aliphatic rings. The van der Waals surface area contributed by atoms with Crippen molar-refractivity contribution in [3.8, 4) is 0 Å². The van der Waals surface area contributed by atoms with Gasteiger partial charge in [-0.2, -0.15) is 0 Å². The van der Waals surface area contributed by atoms with Gasteiger partial charge in [-0.15, -0.1) is 0 Å². The Morgan fingerprint density at radius 3 is 2.19 bits per heavy atom. The molecule has 0 aromatic carbocycles. The summed E-state index contributed by atoms with van der Waals surface area (Å²) in [4.78, 5) is 19.7. The Balaban J connectivity index is 2.91. The first-order valence-electron chi connectivity index (χ1n) is 5.36. The molecule has 1 aliphatic heterocycles. The lowest BCUT2D eigenvalue weighted by Crippen LogP contribution is -2.65. The van der Waals surface area contributed by atoms with Crippen LogP contribution in [0.15, 0.2) is 0 Å². The molecule has 0 aromatic heterocycles. The predicted octanol–water partition coefficient (Wildman–Crippen LogP) is 1.04. The Kier molecular flexibility index (Phi) is 4.00. The molecule has 96 valence electrons. The van der Waals surface area contributed by atoms with Crippen LogP contribution in [-0.2, 0) is 4.52 Å². The van der Waals surface area contributed by atoms with Crippen LogP contribution in [-0.4, -0.2) is 44.7 Å². The first-order valence-corrected chi connectivity index (χ1v) is 6.53. The summed E-state index contributed by atoms with van der Waals surface area (Å²) in [5, 5.41) is 10.1. The maximum Gasteiger partial charge on any atom is 0.328 e. The number of aliphatic hydroxyl groups excluding tert-OH is 1. The van der Waals surface area contributed by atoms with Gasteiger partial charge in [0.15, 0.2) is 0 Å². The largest absolute Gasteiger partial charge is 0.392 e. The molecular weight excluding hydrogens is 229 g/mol. The average molecular weight is 251 g/mol. The van der Waals surface area contributed by atoms with E-state index in [1.807, 2.05) is 39.6 Å². The monoisotopic (exact) mass is 251 g/mol. The minimum absolute atomic E-state index is 0.282. The first kappa shape index (κ1) is 14.3. The van der Waals surface area contributed by atoms with Crippen LogP contribution in [0.1, 0.15) is 34.1 Å². The Morgan fingerprint density at radius 1 is 1.25 bits per heavy atom. The van der Waals surface area contributed by atoms with Crippen LogP contribution in [0, 0.1) is 5.41 Å². The van der Waals surface area contributed by atoms with Gasteiger partial charge in [-0.05, 0) is 20.9 Å². The van der Waals surface area contributed by atoms with Crippen molar-refractivity contribution in [2.45, 2.75) is 52.0 Å². The normalized spacial score (nSPS) is 34.3. The molecule has 16 heavy (non-hydrogen) atoms. The van der Waals surface area contributed by atoms with E-state index in [0.717, 1.165) is 0 Å². The van der Waals surface area contributed by atoms with Crippen LogP contribution in [0.25, 0.3) is 0 Å². The van der Waals surface area contributed by atoms with Gasteiger partial charge in [0.1, 0.15) is 6.23 Å². The molecule has 1 heterocycles. The Bertz CT molecular complexity index is 257. The highest BCUT2D eigenvalue weighted by Crippen LogP contribution is 2.47. The fraction of sp³-hybridized carbons (Fsp3) is 1.00. The summed E-state index contributed by atoms with van der Waals surface area (Å²) in [6.07, 6.45) is -0.606. The summed E-state index contributed by atoms with van der Waals surface area (Å²) >= 11 is 0. The molecule has 3 N–H and O–H groups in total. The van der Waals surface area contributed by atoms with Gasteiger partial charge >= 0.3 is 8.60 Å². The number of aliphatic hydroxyl groups is 1. The summed E-state index contributed by atoms with van der Waals surface area (Å²) in [6, 6.07) is 0. The minimum atomic E-state index is -2.39. The van der Waals surface area contributed by atoms with E-state index in [-0.39, 0.29) is 11.0 Å². The quantitative estimate of drug-likeness (QED) is 0.640. The molecule has 0 spiro atoms. The molecule has 0 bridgehead atoms. The first-order chi connectivity index (χ1) is 7.10. The van der Waals surface area contributed by atoms with Crippen LogP contribution in [0.3, 0.4) is 0 Å². The van der Waals surface area contributed by atoms with E-state index in [0.29, 0.717) is 6.42 Å². The molecule has 0 radical (unpaired) electrons. The molecule has 5 nitrogen and oxygen atoms in total. The number of rotatable bonds is 2. The minimum Gasteiger partial charge on any atom is -0.392 e. The van der Waals surface area contributed by atoms with Crippen LogP contribution < -0.4 is 0 Å². The highest BCUT2D eigenvalue weighted by atomic mass is 31.2. The SMILES string of the molecule is CN1C(OP(O)O)CC(O)C(C)(C)C1(C)C. The highest BCUT2D eigenvalue weighted by Gasteiger charge is 2.52. The van der Waals surface area contributed by atoms with E-state index < -0.39 is 20.9 Å². The fourth-order valence-corrected chi connectivity index (χ4v) is 2.53. The van der Waals surface area contributed by atoms with Crippen molar-refractivity contribution in [3.63, 3.8) is 0 Å². The standard InChI is InChI=1S/C10H22NO4P/c1-9(2)7(12)6-8(15-16(13)14)11(5)10(9,3)4/h7-8,12-14H,6H2,1-5H3. The van der Waals surface area contributed by atoms with Crippen LogP contribution in [0.2, 0.25) is 0 Å². The zero-order chi connectivity index (χ0) is 12.7. The molecule has 0 aliphatic carbocycles. The third kappa shape index (κ3) is 2.26. The topological polar surface area (TPSA) is 73.2 Å². The second kappa shape index (κ2) is 4.48. The summed E-state index contributed by atoms with van der Waals surface area (Å²) in [7, 11) is -0.522. The molecule has 0 aromatic rings. The third-order valence-electron chi connectivity index (χ3n) is 4.36. The molecule has 0 saturated carbocycles. The number of hydrogen-bond acceptors (Lipinski definition) is 5. The highest BCUT2D eigenvalue weighted by molar-refractivity contribution is 7.39. The van der Waals surface area contributed by atoms with E-state index in [9.17, 15) is 5.11 Å². The Morgan fingerprint density at radius 2 is 1.75 bits per heavy atom. The maximum absolute atomic E-state index is 10.1. The van der Waals surface area contributed by atoms with Gasteiger partial charge in [0, 0.05) is 17.4 Å². The third-order valence-corrected chi connectivity index (χ3v) is 4.80. The zero-order valence-corrected chi connectivity index (χ0v) is 11.4. The van der Waals surface area contributed by atoms with Crippen molar-refractivity contribution < 1.29 is 19.4 Å².